The van der Waals surface area contributed by atoms with Gasteiger partial charge in [-0.2, -0.15) is 4.98 Å². The summed E-state index contributed by atoms with van der Waals surface area (Å²) in [5, 5.41) is 0. The van der Waals surface area contributed by atoms with E-state index >= 15 is 0 Å². The number of hydrogen-bond donors (Lipinski definition) is 2. The van der Waals surface area contributed by atoms with Crippen LogP contribution in [0.5, 0.6) is 5.88 Å². The molecule has 0 radical (unpaired) electrons. The van der Waals surface area contributed by atoms with Gasteiger partial charge in [-0.15, -0.1) is 0 Å². The summed E-state index contributed by atoms with van der Waals surface area (Å²) in [7, 11) is 0. The van der Waals surface area contributed by atoms with E-state index in [0.717, 1.165) is 6.42 Å². The first-order valence-electron chi connectivity index (χ1n) is 5.79. The van der Waals surface area contributed by atoms with Crippen LogP contribution in [0.3, 0.4) is 0 Å². The summed E-state index contributed by atoms with van der Waals surface area (Å²) in [5.41, 5.74) is 2.38. The molecular weight excluding hydrogens is 204 g/mol. The van der Waals surface area contributed by atoms with Crippen molar-refractivity contribution in [1.82, 2.24) is 9.97 Å². The molecule has 0 spiro atoms. The number of nitrogens with one attached hydrogen (secondary N) is 1. The van der Waals surface area contributed by atoms with Gasteiger partial charge in [-0.3, -0.25) is 5.43 Å². The van der Waals surface area contributed by atoms with Crippen LogP contribution in [0.1, 0.15) is 39.0 Å². The Morgan fingerprint density at radius 2 is 2.12 bits per heavy atom. The quantitative estimate of drug-likeness (QED) is 0.402. The lowest BCUT2D eigenvalue weighted by Crippen LogP contribution is -2.11. The van der Waals surface area contributed by atoms with E-state index in [0.29, 0.717) is 18.4 Å². The first kappa shape index (κ1) is 12.7. The molecule has 1 aromatic heterocycles. The molecule has 0 saturated carbocycles. The number of ether oxygens (including phenoxy) is 1. The predicted molar refractivity (Wildman–Crippen MR) is 64.1 cm³/mol. The fraction of sp³-hybridized carbons (Fsp3) is 0.636. The molecule has 16 heavy (non-hydrogen) atoms. The second-order valence-electron chi connectivity index (χ2n) is 3.63. The Labute approximate surface area is 96.4 Å². The molecular formula is C11H20N4O. The van der Waals surface area contributed by atoms with Crippen molar-refractivity contribution in [3.05, 3.63) is 12.3 Å². The normalized spacial score (nSPS) is 10.1. The molecule has 0 aliphatic heterocycles. The number of hydrazine groups is 1. The van der Waals surface area contributed by atoms with Crippen molar-refractivity contribution in [2.24, 2.45) is 5.84 Å². The van der Waals surface area contributed by atoms with Crippen molar-refractivity contribution >= 4 is 5.95 Å². The highest BCUT2D eigenvalue weighted by Gasteiger charge is 1.97. The number of nitrogen functional groups attached to an aromatic ring is 1. The average Bonchev–Trinajstić information content (AvgIpc) is 2.34. The second kappa shape index (κ2) is 7.87. The van der Waals surface area contributed by atoms with E-state index in [1.807, 2.05) is 0 Å². The largest absolute Gasteiger partial charge is 0.478 e. The second-order valence-corrected chi connectivity index (χ2v) is 3.63. The molecule has 0 unspecified atom stereocenters. The molecule has 0 bridgehead atoms. The Bertz CT molecular complexity index is 293. The molecule has 0 saturated heterocycles. The Morgan fingerprint density at radius 1 is 1.31 bits per heavy atom. The van der Waals surface area contributed by atoms with Crippen molar-refractivity contribution in [3.8, 4) is 5.88 Å². The number of rotatable bonds is 8. The third-order valence-corrected chi connectivity index (χ3v) is 2.26. The van der Waals surface area contributed by atoms with Gasteiger partial charge in [0.05, 0.1) is 6.61 Å². The highest BCUT2D eigenvalue weighted by Crippen LogP contribution is 2.09. The van der Waals surface area contributed by atoms with Gasteiger partial charge in [0.15, 0.2) is 0 Å². The van der Waals surface area contributed by atoms with Gasteiger partial charge in [-0.1, -0.05) is 32.6 Å². The molecule has 1 aromatic rings. The predicted octanol–water partition coefficient (Wildman–Crippen LogP) is 2.11. The lowest BCUT2D eigenvalue weighted by molar-refractivity contribution is 0.293. The van der Waals surface area contributed by atoms with E-state index in [-0.39, 0.29) is 0 Å². The SMILES string of the molecule is CCCCCCCOc1ccnc(NN)n1. The summed E-state index contributed by atoms with van der Waals surface area (Å²) in [4.78, 5) is 7.96. The summed E-state index contributed by atoms with van der Waals surface area (Å²) < 4.78 is 5.48. The minimum atomic E-state index is 0.378. The minimum absolute atomic E-state index is 0.378. The highest BCUT2D eigenvalue weighted by atomic mass is 16.5. The molecule has 1 heterocycles. The number of anilines is 1. The summed E-state index contributed by atoms with van der Waals surface area (Å²) in [6, 6.07) is 1.73. The molecule has 90 valence electrons. The molecule has 5 nitrogen and oxygen atoms in total. The third-order valence-electron chi connectivity index (χ3n) is 2.26. The molecule has 0 aliphatic carbocycles. The van der Waals surface area contributed by atoms with E-state index in [9.17, 15) is 0 Å². The Balaban J connectivity index is 2.16. The van der Waals surface area contributed by atoms with Gasteiger partial charge in [-0.25, -0.2) is 10.8 Å². The zero-order chi connectivity index (χ0) is 11.6. The van der Waals surface area contributed by atoms with Gasteiger partial charge in [-0.05, 0) is 6.42 Å². The summed E-state index contributed by atoms with van der Waals surface area (Å²) >= 11 is 0. The number of aromatic nitrogens is 2. The summed E-state index contributed by atoms with van der Waals surface area (Å²) in [6.07, 6.45) is 7.73. The van der Waals surface area contributed by atoms with Crippen molar-refractivity contribution in [3.63, 3.8) is 0 Å². The van der Waals surface area contributed by atoms with Gasteiger partial charge < -0.3 is 4.74 Å². The van der Waals surface area contributed by atoms with E-state index < -0.39 is 0 Å². The van der Waals surface area contributed by atoms with Crippen molar-refractivity contribution < 1.29 is 4.74 Å². The van der Waals surface area contributed by atoms with Gasteiger partial charge in [0.25, 0.3) is 0 Å². The molecule has 0 aromatic carbocycles. The number of unbranched alkanes of at least 4 members (excludes halogenated alkanes) is 4. The third kappa shape index (κ3) is 4.93. The van der Waals surface area contributed by atoms with Crippen LogP contribution in [0.25, 0.3) is 0 Å². The zero-order valence-corrected chi connectivity index (χ0v) is 9.78. The Hall–Kier alpha value is -1.36. The van der Waals surface area contributed by atoms with Crippen LogP contribution in [0, 0.1) is 0 Å². The van der Waals surface area contributed by atoms with E-state index in [2.05, 4.69) is 22.3 Å². The average molecular weight is 224 g/mol. The number of nitrogens with two attached hydrogens (primary N) is 1. The molecule has 5 heteroatoms. The molecule has 0 atom stereocenters. The Morgan fingerprint density at radius 3 is 2.88 bits per heavy atom. The van der Waals surface area contributed by atoms with Gasteiger partial charge in [0.1, 0.15) is 0 Å². The van der Waals surface area contributed by atoms with Gasteiger partial charge in [0.2, 0.25) is 11.8 Å². The standard InChI is InChI=1S/C11H20N4O/c1-2-3-4-5-6-9-16-10-7-8-13-11(14-10)15-12/h7-8H,2-6,9,12H2,1H3,(H,13,14,15). The fourth-order valence-electron chi connectivity index (χ4n) is 1.37. The van der Waals surface area contributed by atoms with Crippen LogP contribution in [0.4, 0.5) is 5.95 Å². The maximum Gasteiger partial charge on any atom is 0.240 e. The first-order chi connectivity index (χ1) is 7.86. The number of hydrogen-bond acceptors (Lipinski definition) is 5. The smallest absolute Gasteiger partial charge is 0.240 e. The summed E-state index contributed by atoms with van der Waals surface area (Å²) in [5.74, 6) is 6.14. The van der Waals surface area contributed by atoms with Crippen LogP contribution in [-0.4, -0.2) is 16.6 Å². The van der Waals surface area contributed by atoms with Crippen LogP contribution in [0.15, 0.2) is 12.3 Å². The molecule has 0 amide bonds. The fourth-order valence-corrected chi connectivity index (χ4v) is 1.37. The van der Waals surface area contributed by atoms with Crippen molar-refractivity contribution in [2.45, 2.75) is 39.0 Å². The monoisotopic (exact) mass is 224 g/mol. The minimum Gasteiger partial charge on any atom is -0.478 e. The van der Waals surface area contributed by atoms with Gasteiger partial charge in [0, 0.05) is 12.3 Å². The van der Waals surface area contributed by atoms with Gasteiger partial charge >= 0.3 is 0 Å². The molecule has 1 rings (SSSR count). The first-order valence-corrected chi connectivity index (χ1v) is 5.79. The molecule has 0 aliphatic rings. The molecule has 0 fully saturated rings. The van der Waals surface area contributed by atoms with Crippen LogP contribution >= 0.6 is 0 Å². The lowest BCUT2D eigenvalue weighted by atomic mass is 10.2. The van der Waals surface area contributed by atoms with Crippen molar-refractivity contribution in [1.29, 1.82) is 0 Å². The maximum atomic E-state index is 5.48. The summed E-state index contributed by atoms with van der Waals surface area (Å²) in [6.45, 7) is 2.91. The Kier molecular flexibility index (Phi) is 6.25. The number of nitrogens with zero attached hydrogens (tertiary/aromatic N) is 2. The van der Waals surface area contributed by atoms with E-state index in [1.54, 1.807) is 12.3 Å². The highest BCUT2D eigenvalue weighted by molar-refractivity contribution is 5.25. The zero-order valence-electron chi connectivity index (χ0n) is 9.78. The lowest BCUT2D eigenvalue weighted by Gasteiger charge is -2.05. The van der Waals surface area contributed by atoms with Crippen LogP contribution in [0.2, 0.25) is 0 Å². The van der Waals surface area contributed by atoms with E-state index in [1.165, 1.54) is 25.7 Å². The maximum absolute atomic E-state index is 5.48. The van der Waals surface area contributed by atoms with E-state index in [4.69, 9.17) is 10.6 Å². The van der Waals surface area contributed by atoms with Crippen LogP contribution in [-0.2, 0) is 0 Å². The van der Waals surface area contributed by atoms with Crippen molar-refractivity contribution in [2.75, 3.05) is 12.0 Å². The molecule has 3 N–H and O–H groups in total. The van der Waals surface area contributed by atoms with Crippen LogP contribution < -0.4 is 16.0 Å². The topological polar surface area (TPSA) is 73.1 Å².